The zero-order chi connectivity index (χ0) is 23.6. The van der Waals surface area contributed by atoms with Gasteiger partial charge in [0.25, 0.3) is 10.1 Å². The van der Waals surface area contributed by atoms with Crippen molar-refractivity contribution in [3.63, 3.8) is 0 Å². The lowest BCUT2D eigenvalue weighted by Gasteiger charge is -2.25. The SMILES string of the molecule is CC(C)C(CC(O)S(=O)(=O)O)NC(=O)[C@H](C)NC(=O)CNC(=O)OCc1ccccc1. The maximum Gasteiger partial charge on any atom is 0.407 e. The largest absolute Gasteiger partial charge is 0.445 e. The summed E-state index contributed by atoms with van der Waals surface area (Å²) in [5.41, 5.74) is -1.26. The summed E-state index contributed by atoms with van der Waals surface area (Å²) in [6.45, 7) is 4.41. The fraction of sp³-hybridized carbons (Fsp3) is 0.526. The Bertz CT molecular complexity index is 845. The van der Waals surface area contributed by atoms with Crippen molar-refractivity contribution in [1.29, 1.82) is 0 Å². The average Bonchev–Trinajstić information content (AvgIpc) is 2.69. The average molecular weight is 460 g/mol. The predicted octanol–water partition coefficient (Wildman–Crippen LogP) is 0.155. The molecule has 0 bridgehead atoms. The van der Waals surface area contributed by atoms with Gasteiger partial charge < -0.3 is 25.8 Å². The molecule has 1 rings (SSSR count). The highest BCUT2D eigenvalue weighted by Crippen LogP contribution is 2.12. The molecule has 0 aliphatic rings. The van der Waals surface area contributed by atoms with Gasteiger partial charge in [-0.15, -0.1) is 0 Å². The van der Waals surface area contributed by atoms with Crippen molar-refractivity contribution >= 4 is 28.0 Å². The Labute approximate surface area is 181 Å². The van der Waals surface area contributed by atoms with Crippen molar-refractivity contribution in [1.82, 2.24) is 16.0 Å². The first-order valence-electron chi connectivity index (χ1n) is 9.58. The molecule has 31 heavy (non-hydrogen) atoms. The first-order chi connectivity index (χ1) is 14.4. The summed E-state index contributed by atoms with van der Waals surface area (Å²) in [6, 6.07) is 7.20. The molecule has 0 saturated heterocycles. The van der Waals surface area contributed by atoms with Crippen LogP contribution in [-0.2, 0) is 31.1 Å². The number of aliphatic hydroxyl groups excluding tert-OH is 1. The van der Waals surface area contributed by atoms with Crippen LogP contribution in [0.1, 0.15) is 32.8 Å². The Balaban J connectivity index is 2.44. The molecular formula is C19H29N3O8S. The zero-order valence-corrected chi connectivity index (χ0v) is 18.4. The van der Waals surface area contributed by atoms with E-state index < -0.39 is 58.5 Å². The first kappa shape index (κ1) is 26.3. The fourth-order valence-electron chi connectivity index (χ4n) is 2.43. The quantitative estimate of drug-likeness (QED) is 0.291. The number of benzene rings is 1. The van der Waals surface area contributed by atoms with E-state index in [0.717, 1.165) is 5.56 Å². The third-order valence-electron chi connectivity index (χ3n) is 4.31. The highest BCUT2D eigenvalue weighted by Gasteiger charge is 2.28. The lowest BCUT2D eigenvalue weighted by atomic mass is 10.0. The van der Waals surface area contributed by atoms with E-state index in [1.807, 2.05) is 6.07 Å². The Kier molecular flexibility index (Phi) is 10.4. The maximum absolute atomic E-state index is 12.3. The van der Waals surface area contributed by atoms with Gasteiger partial charge in [0.2, 0.25) is 11.8 Å². The Morgan fingerprint density at radius 2 is 1.68 bits per heavy atom. The predicted molar refractivity (Wildman–Crippen MR) is 111 cm³/mol. The lowest BCUT2D eigenvalue weighted by Crippen LogP contribution is -2.52. The van der Waals surface area contributed by atoms with Gasteiger partial charge in [-0.3, -0.25) is 14.1 Å². The van der Waals surface area contributed by atoms with Gasteiger partial charge in [0.05, 0.1) is 0 Å². The number of hydrogen-bond donors (Lipinski definition) is 5. The van der Waals surface area contributed by atoms with E-state index in [-0.39, 0.29) is 12.5 Å². The smallest absolute Gasteiger partial charge is 0.407 e. The summed E-state index contributed by atoms with van der Waals surface area (Å²) < 4.78 is 35.9. The normalized spacial score (nSPS) is 14.3. The minimum Gasteiger partial charge on any atom is -0.445 e. The molecule has 1 aromatic carbocycles. The second kappa shape index (κ2) is 12.2. The molecule has 0 radical (unpaired) electrons. The molecule has 0 aromatic heterocycles. The van der Waals surface area contributed by atoms with Crippen LogP contribution in [0.2, 0.25) is 0 Å². The zero-order valence-electron chi connectivity index (χ0n) is 17.6. The van der Waals surface area contributed by atoms with Crippen molar-refractivity contribution in [2.75, 3.05) is 6.54 Å². The summed E-state index contributed by atoms with van der Waals surface area (Å²) >= 11 is 0. The Morgan fingerprint density at radius 3 is 2.23 bits per heavy atom. The van der Waals surface area contributed by atoms with Crippen LogP contribution in [0.25, 0.3) is 0 Å². The second-order valence-electron chi connectivity index (χ2n) is 7.27. The van der Waals surface area contributed by atoms with Crippen LogP contribution in [-0.4, -0.2) is 60.0 Å². The van der Waals surface area contributed by atoms with Crippen molar-refractivity contribution in [3.8, 4) is 0 Å². The monoisotopic (exact) mass is 459 g/mol. The molecule has 5 N–H and O–H groups in total. The number of carbonyl (C=O) groups is 3. The van der Waals surface area contributed by atoms with Gasteiger partial charge in [-0.1, -0.05) is 44.2 Å². The highest BCUT2D eigenvalue weighted by molar-refractivity contribution is 7.86. The van der Waals surface area contributed by atoms with E-state index in [0.29, 0.717) is 0 Å². The third-order valence-corrected chi connectivity index (χ3v) is 5.19. The molecule has 3 amide bonds. The third kappa shape index (κ3) is 10.2. The van der Waals surface area contributed by atoms with Gasteiger partial charge in [0.1, 0.15) is 19.2 Å². The molecule has 0 aliphatic carbocycles. The molecule has 0 saturated carbocycles. The van der Waals surface area contributed by atoms with Gasteiger partial charge in [-0.05, 0) is 18.4 Å². The fourth-order valence-corrected chi connectivity index (χ4v) is 2.88. The first-order valence-corrected chi connectivity index (χ1v) is 11.1. The van der Waals surface area contributed by atoms with Gasteiger partial charge in [-0.2, -0.15) is 8.42 Å². The number of alkyl carbamates (subject to hydrolysis) is 1. The van der Waals surface area contributed by atoms with Gasteiger partial charge in [-0.25, -0.2) is 4.79 Å². The molecular weight excluding hydrogens is 430 g/mol. The molecule has 3 atom stereocenters. The number of rotatable bonds is 11. The number of aliphatic hydroxyl groups is 1. The minimum absolute atomic E-state index is 0.0408. The van der Waals surface area contributed by atoms with E-state index in [2.05, 4.69) is 16.0 Å². The van der Waals surface area contributed by atoms with E-state index in [4.69, 9.17) is 9.29 Å². The van der Waals surface area contributed by atoms with Crippen molar-refractivity contribution in [2.45, 2.75) is 51.3 Å². The number of amides is 3. The molecule has 1 aromatic rings. The van der Waals surface area contributed by atoms with Crippen LogP contribution < -0.4 is 16.0 Å². The molecule has 12 heteroatoms. The summed E-state index contributed by atoms with van der Waals surface area (Å²) in [5, 5.41) is 16.7. The van der Waals surface area contributed by atoms with Crippen LogP contribution in [0, 0.1) is 5.92 Å². The van der Waals surface area contributed by atoms with E-state index in [1.165, 1.54) is 6.92 Å². The van der Waals surface area contributed by atoms with Crippen LogP contribution in [0.3, 0.4) is 0 Å². The second-order valence-corrected chi connectivity index (χ2v) is 8.84. The van der Waals surface area contributed by atoms with Crippen LogP contribution in [0.5, 0.6) is 0 Å². The molecule has 2 unspecified atom stereocenters. The highest BCUT2D eigenvalue weighted by atomic mass is 32.2. The number of hydrogen-bond acceptors (Lipinski definition) is 7. The van der Waals surface area contributed by atoms with Crippen LogP contribution in [0.4, 0.5) is 4.79 Å². The molecule has 174 valence electrons. The standard InChI is InChI=1S/C19H29N3O8S/c1-12(2)15(9-17(24)31(27,28)29)22-18(25)13(3)21-16(23)10-20-19(26)30-11-14-7-5-4-6-8-14/h4-8,12-13,15,17,24H,9-11H2,1-3H3,(H,20,26)(H,21,23)(H,22,25)(H,27,28,29)/t13-,15?,17?/m0/s1. The summed E-state index contributed by atoms with van der Waals surface area (Å²) in [4.78, 5) is 35.9. The minimum atomic E-state index is -4.66. The number of ether oxygens (including phenoxy) is 1. The Morgan fingerprint density at radius 1 is 1.06 bits per heavy atom. The van der Waals surface area contributed by atoms with Crippen molar-refractivity contribution < 1.29 is 37.2 Å². The van der Waals surface area contributed by atoms with Crippen molar-refractivity contribution in [3.05, 3.63) is 35.9 Å². The van der Waals surface area contributed by atoms with E-state index in [9.17, 15) is 27.9 Å². The summed E-state index contributed by atoms with van der Waals surface area (Å²) in [6.07, 6.45) is -1.22. The molecule has 0 heterocycles. The number of nitrogens with one attached hydrogen (secondary N) is 3. The number of carbonyl (C=O) groups excluding carboxylic acids is 3. The molecule has 0 aliphatic heterocycles. The molecule has 0 spiro atoms. The topological polar surface area (TPSA) is 171 Å². The van der Waals surface area contributed by atoms with Crippen LogP contribution in [0.15, 0.2) is 30.3 Å². The lowest BCUT2D eigenvalue weighted by molar-refractivity contribution is -0.128. The van der Waals surface area contributed by atoms with Gasteiger partial charge in [0.15, 0.2) is 5.44 Å². The van der Waals surface area contributed by atoms with E-state index >= 15 is 0 Å². The van der Waals surface area contributed by atoms with Crippen molar-refractivity contribution in [2.24, 2.45) is 5.92 Å². The van der Waals surface area contributed by atoms with E-state index in [1.54, 1.807) is 38.1 Å². The summed E-state index contributed by atoms with van der Waals surface area (Å²) in [5.74, 6) is -1.52. The Hall–Kier alpha value is -2.70. The summed E-state index contributed by atoms with van der Waals surface area (Å²) in [7, 11) is -4.66. The molecule has 11 nitrogen and oxygen atoms in total. The van der Waals surface area contributed by atoms with Gasteiger partial charge in [0, 0.05) is 12.5 Å². The maximum atomic E-state index is 12.3. The van der Waals surface area contributed by atoms with Crippen LogP contribution >= 0.6 is 0 Å². The molecule has 0 fully saturated rings. The van der Waals surface area contributed by atoms with Gasteiger partial charge >= 0.3 is 6.09 Å².